The summed E-state index contributed by atoms with van der Waals surface area (Å²) in [6, 6.07) is 0.252. The van der Waals surface area contributed by atoms with Crippen LogP contribution >= 0.6 is 0 Å². The van der Waals surface area contributed by atoms with Gasteiger partial charge in [0.25, 0.3) is 0 Å². The van der Waals surface area contributed by atoms with Crippen LogP contribution in [0.2, 0.25) is 0 Å². The van der Waals surface area contributed by atoms with Gasteiger partial charge in [-0.1, -0.05) is 12.8 Å². The van der Waals surface area contributed by atoms with Crippen LogP contribution < -0.4 is 0 Å². The highest BCUT2D eigenvalue weighted by Gasteiger charge is 2.27. The molecule has 0 aliphatic carbocycles. The first kappa shape index (κ1) is 17.2. The molecule has 0 radical (unpaired) electrons. The summed E-state index contributed by atoms with van der Waals surface area (Å²) in [5, 5.41) is 19.8. The van der Waals surface area contributed by atoms with E-state index in [9.17, 15) is 5.11 Å². The number of rotatable bonds is 8. The lowest BCUT2D eigenvalue weighted by atomic mass is 9.97. The molecule has 4 nitrogen and oxygen atoms in total. The summed E-state index contributed by atoms with van der Waals surface area (Å²) in [4.78, 5) is 4.98. The highest BCUT2D eigenvalue weighted by Crippen LogP contribution is 2.20. The third-order valence-electron chi connectivity index (χ3n) is 5.15. The molecule has 2 rings (SSSR count). The van der Waals surface area contributed by atoms with Gasteiger partial charge < -0.3 is 15.1 Å². The zero-order valence-corrected chi connectivity index (χ0v) is 13.6. The second-order valence-electron chi connectivity index (χ2n) is 6.79. The Balaban J connectivity index is 1.79. The predicted molar refractivity (Wildman–Crippen MR) is 86.4 cm³/mol. The Labute approximate surface area is 130 Å². The molecule has 0 amide bonds. The smallest absolute Gasteiger partial charge is 0.0707 e. The van der Waals surface area contributed by atoms with Crippen LogP contribution in [0, 0.1) is 0 Å². The molecule has 2 aliphatic rings. The second kappa shape index (κ2) is 9.78. The van der Waals surface area contributed by atoms with E-state index in [0.717, 1.165) is 38.9 Å². The highest BCUT2D eigenvalue weighted by atomic mass is 16.3. The number of likely N-dealkylation sites (tertiary alicyclic amines) is 2. The first-order chi connectivity index (χ1) is 10.3. The van der Waals surface area contributed by atoms with Crippen LogP contribution in [0.3, 0.4) is 0 Å². The van der Waals surface area contributed by atoms with Crippen molar-refractivity contribution in [1.29, 1.82) is 0 Å². The second-order valence-corrected chi connectivity index (χ2v) is 6.79. The molecule has 2 unspecified atom stereocenters. The first-order valence-corrected chi connectivity index (χ1v) is 9.06. The van der Waals surface area contributed by atoms with Gasteiger partial charge in [0, 0.05) is 19.2 Å². The monoisotopic (exact) mass is 298 g/mol. The average Bonchev–Trinajstić information content (AvgIpc) is 2.55. The number of nitrogens with zero attached hydrogens (tertiary/aromatic N) is 2. The Morgan fingerprint density at radius 2 is 1.43 bits per heavy atom. The van der Waals surface area contributed by atoms with Crippen molar-refractivity contribution in [3.05, 3.63) is 0 Å². The van der Waals surface area contributed by atoms with Gasteiger partial charge in [-0.3, -0.25) is 4.90 Å². The molecule has 2 heterocycles. The quantitative estimate of drug-likeness (QED) is 0.718. The number of piperidine rings is 2. The Hall–Kier alpha value is -0.160. The summed E-state index contributed by atoms with van der Waals surface area (Å²) in [6.45, 7) is 5.93. The normalized spacial score (nSPS) is 24.9. The van der Waals surface area contributed by atoms with Gasteiger partial charge in [-0.05, 0) is 71.1 Å². The van der Waals surface area contributed by atoms with Crippen LogP contribution in [-0.4, -0.2) is 71.5 Å². The number of aliphatic hydroxyl groups is 2. The van der Waals surface area contributed by atoms with Gasteiger partial charge in [0.1, 0.15) is 0 Å². The molecule has 2 fully saturated rings. The van der Waals surface area contributed by atoms with Gasteiger partial charge in [-0.15, -0.1) is 0 Å². The molecule has 0 spiro atoms. The number of hydrogen-bond acceptors (Lipinski definition) is 4. The summed E-state index contributed by atoms with van der Waals surface area (Å²) < 4.78 is 0. The van der Waals surface area contributed by atoms with E-state index in [-0.39, 0.29) is 18.8 Å². The topological polar surface area (TPSA) is 46.9 Å². The molecule has 0 aromatic rings. The number of hydrogen-bond donors (Lipinski definition) is 2. The van der Waals surface area contributed by atoms with Crippen molar-refractivity contribution >= 4 is 0 Å². The average molecular weight is 298 g/mol. The van der Waals surface area contributed by atoms with E-state index in [1.807, 2.05) is 0 Å². The molecular formula is C17H34N2O2. The van der Waals surface area contributed by atoms with Crippen LogP contribution in [0.5, 0.6) is 0 Å². The molecule has 124 valence electrons. The zero-order chi connectivity index (χ0) is 14.9. The van der Waals surface area contributed by atoms with Gasteiger partial charge >= 0.3 is 0 Å². The van der Waals surface area contributed by atoms with E-state index in [4.69, 9.17) is 5.11 Å². The van der Waals surface area contributed by atoms with Crippen LogP contribution in [0.4, 0.5) is 0 Å². The fourth-order valence-corrected chi connectivity index (χ4v) is 3.86. The molecule has 2 atom stereocenters. The third kappa shape index (κ3) is 5.85. The van der Waals surface area contributed by atoms with Crippen molar-refractivity contribution in [2.75, 3.05) is 39.3 Å². The van der Waals surface area contributed by atoms with Crippen LogP contribution in [0.25, 0.3) is 0 Å². The fraction of sp³-hybridized carbons (Fsp3) is 1.00. The van der Waals surface area contributed by atoms with Crippen molar-refractivity contribution in [2.45, 2.75) is 69.9 Å². The molecule has 0 aromatic heterocycles. The Bertz CT molecular complexity index is 264. The molecular weight excluding hydrogens is 264 g/mol. The summed E-state index contributed by atoms with van der Waals surface area (Å²) in [7, 11) is 0. The summed E-state index contributed by atoms with van der Waals surface area (Å²) >= 11 is 0. The van der Waals surface area contributed by atoms with Crippen molar-refractivity contribution in [3.63, 3.8) is 0 Å². The maximum absolute atomic E-state index is 10.7. The lowest BCUT2D eigenvalue weighted by Crippen LogP contribution is -2.47. The van der Waals surface area contributed by atoms with E-state index in [2.05, 4.69) is 9.80 Å². The molecule has 2 aliphatic heterocycles. The molecule has 0 bridgehead atoms. The molecule has 4 heteroatoms. The maximum Gasteiger partial charge on any atom is 0.0707 e. The van der Waals surface area contributed by atoms with Crippen molar-refractivity contribution in [3.8, 4) is 0 Å². The summed E-state index contributed by atoms with van der Waals surface area (Å²) in [6.07, 6.45) is 10.2. The highest BCUT2D eigenvalue weighted by molar-refractivity contribution is 4.82. The standard InChI is InChI=1S/C17H34N2O2/c20-15-7-8-16(19-12-5-2-6-13-19)17(21)9-14-18-10-3-1-4-11-18/h16-17,20-21H,1-15H2. The van der Waals surface area contributed by atoms with Crippen LogP contribution in [0.15, 0.2) is 0 Å². The van der Waals surface area contributed by atoms with Crippen LogP contribution in [-0.2, 0) is 0 Å². The van der Waals surface area contributed by atoms with E-state index in [1.54, 1.807) is 0 Å². The molecule has 21 heavy (non-hydrogen) atoms. The van der Waals surface area contributed by atoms with Crippen molar-refractivity contribution in [2.24, 2.45) is 0 Å². The summed E-state index contributed by atoms with van der Waals surface area (Å²) in [5.41, 5.74) is 0. The van der Waals surface area contributed by atoms with Crippen molar-refractivity contribution in [1.82, 2.24) is 9.80 Å². The molecule has 2 N–H and O–H groups in total. The molecule has 0 aromatic carbocycles. The lowest BCUT2D eigenvalue weighted by Gasteiger charge is -2.38. The zero-order valence-electron chi connectivity index (χ0n) is 13.6. The van der Waals surface area contributed by atoms with Crippen molar-refractivity contribution < 1.29 is 10.2 Å². The third-order valence-corrected chi connectivity index (χ3v) is 5.15. The van der Waals surface area contributed by atoms with Crippen LogP contribution in [0.1, 0.15) is 57.8 Å². The largest absolute Gasteiger partial charge is 0.396 e. The van der Waals surface area contributed by atoms with Gasteiger partial charge in [-0.2, -0.15) is 0 Å². The molecule has 2 saturated heterocycles. The SMILES string of the molecule is OCCCC(C(O)CCN1CCCCC1)N1CCCCC1. The van der Waals surface area contributed by atoms with Gasteiger partial charge in [0.2, 0.25) is 0 Å². The van der Waals surface area contributed by atoms with Gasteiger partial charge in [0.15, 0.2) is 0 Å². The van der Waals surface area contributed by atoms with E-state index >= 15 is 0 Å². The van der Waals surface area contributed by atoms with Gasteiger partial charge in [0.05, 0.1) is 6.10 Å². The molecule has 0 saturated carbocycles. The Kier molecular flexibility index (Phi) is 8.01. The minimum atomic E-state index is -0.239. The Morgan fingerprint density at radius 3 is 2.05 bits per heavy atom. The minimum Gasteiger partial charge on any atom is -0.396 e. The fourth-order valence-electron chi connectivity index (χ4n) is 3.86. The predicted octanol–water partition coefficient (Wildman–Crippen LogP) is 1.85. The Morgan fingerprint density at radius 1 is 0.810 bits per heavy atom. The van der Waals surface area contributed by atoms with Gasteiger partial charge in [-0.25, -0.2) is 0 Å². The number of aliphatic hydroxyl groups excluding tert-OH is 2. The maximum atomic E-state index is 10.7. The van der Waals surface area contributed by atoms with E-state index < -0.39 is 0 Å². The minimum absolute atomic E-state index is 0.239. The van der Waals surface area contributed by atoms with E-state index in [1.165, 1.54) is 51.6 Å². The van der Waals surface area contributed by atoms with E-state index in [0.29, 0.717) is 0 Å². The summed E-state index contributed by atoms with van der Waals surface area (Å²) in [5.74, 6) is 0. The lowest BCUT2D eigenvalue weighted by molar-refractivity contribution is 0.0189. The first-order valence-electron chi connectivity index (χ1n) is 9.06.